The summed E-state index contributed by atoms with van der Waals surface area (Å²) in [6, 6.07) is 16.1. The Morgan fingerprint density at radius 2 is 1.83 bits per heavy atom. The van der Waals surface area contributed by atoms with Crippen molar-refractivity contribution in [3.63, 3.8) is 0 Å². The molecule has 3 nitrogen and oxygen atoms in total. The molecule has 0 atom stereocenters. The molecular weight excluding hydrogens is 338 g/mol. The fourth-order valence-corrected chi connectivity index (χ4v) is 3.04. The Hall–Kier alpha value is -2.17. The highest BCUT2D eigenvalue weighted by Crippen LogP contribution is 2.26. The normalized spacial score (nSPS) is 11.5. The molecule has 0 aliphatic heterocycles. The first-order chi connectivity index (χ1) is 11.7. The van der Waals surface area contributed by atoms with Crippen LogP contribution in [0.4, 0.5) is 5.13 Å². The number of rotatable bonds is 5. The van der Waals surface area contributed by atoms with E-state index in [2.05, 4.69) is 46.7 Å². The molecule has 0 aliphatic carbocycles. The number of halogens is 1. The highest BCUT2D eigenvalue weighted by atomic mass is 35.5. The molecule has 0 saturated heterocycles. The summed E-state index contributed by atoms with van der Waals surface area (Å²) in [5, 5.41) is 7.93. The van der Waals surface area contributed by atoms with Gasteiger partial charge < -0.3 is 0 Å². The van der Waals surface area contributed by atoms with Crippen molar-refractivity contribution < 1.29 is 0 Å². The van der Waals surface area contributed by atoms with Gasteiger partial charge in [0.05, 0.1) is 11.4 Å². The van der Waals surface area contributed by atoms with Gasteiger partial charge in [0.15, 0.2) is 0 Å². The Morgan fingerprint density at radius 3 is 2.50 bits per heavy atom. The second kappa shape index (κ2) is 7.60. The molecule has 0 radical (unpaired) electrons. The summed E-state index contributed by atoms with van der Waals surface area (Å²) in [6.07, 6.45) is 1.04. The van der Waals surface area contributed by atoms with Crippen LogP contribution in [0.15, 0.2) is 59.0 Å². The van der Waals surface area contributed by atoms with Crippen molar-refractivity contribution in [1.29, 1.82) is 0 Å². The van der Waals surface area contributed by atoms with Crippen LogP contribution in [-0.2, 0) is 6.42 Å². The van der Waals surface area contributed by atoms with Gasteiger partial charge in [-0.25, -0.2) is 4.98 Å². The predicted octanol–water partition coefficient (Wildman–Crippen LogP) is 5.86. The van der Waals surface area contributed by atoms with E-state index in [0.717, 1.165) is 39.1 Å². The Balaban J connectivity index is 1.70. The molecule has 3 rings (SSSR count). The number of anilines is 1. The van der Waals surface area contributed by atoms with Crippen LogP contribution in [-0.4, -0.2) is 10.7 Å². The summed E-state index contributed by atoms with van der Waals surface area (Å²) in [7, 11) is 0. The van der Waals surface area contributed by atoms with Crippen molar-refractivity contribution in [2.45, 2.75) is 20.3 Å². The average molecular weight is 356 g/mol. The average Bonchev–Trinajstić information content (AvgIpc) is 3.09. The van der Waals surface area contributed by atoms with Gasteiger partial charge >= 0.3 is 0 Å². The van der Waals surface area contributed by atoms with Crippen LogP contribution in [0.25, 0.3) is 11.3 Å². The number of hydrogen-bond donors (Lipinski definition) is 1. The van der Waals surface area contributed by atoms with E-state index in [1.54, 1.807) is 0 Å². The van der Waals surface area contributed by atoms with E-state index in [4.69, 9.17) is 11.6 Å². The lowest BCUT2D eigenvalue weighted by molar-refractivity contribution is 1.14. The molecule has 0 fully saturated rings. The third-order valence-electron chi connectivity index (χ3n) is 3.74. The van der Waals surface area contributed by atoms with Gasteiger partial charge in [0.2, 0.25) is 5.13 Å². The fourth-order valence-electron chi connectivity index (χ4n) is 2.26. The van der Waals surface area contributed by atoms with E-state index >= 15 is 0 Å². The van der Waals surface area contributed by atoms with E-state index in [-0.39, 0.29) is 0 Å². The third kappa shape index (κ3) is 4.02. The molecule has 3 aromatic rings. The van der Waals surface area contributed by atoms with Crippen molar-refractivity contribution in [1.82, 2.24) is 4.98 Å². The van der Waals surface area contributed by atoms with Gasteiger partial charge in [0.25, 0.3) is 0 Å². The summed E-state index contributed by atoms with van der Waals surface area (Å²) >= 11 is 7.45. The van der Waals surface area contributed by atoms with E-state index in [1.165, 1.54) is 16.9 Å². The molecule has 1 N–H and O–H groups in total. The molecule has 0 saturated carbocycles. The molecule has 0 bridgehead atoms. The smallest absolute Gasteiger partial charge is 0.203 e. The number of hydrazone groups is 1. The number of thiazole rings is 1. The standard InChI is InChI=1S/C19H18ClN3S/c1-3-14-4-6-15(7-5-14)13(2)22-23-19-21-18(12-24-19)16-8-10-17(20)11-9-16/h4-12H,3H2,1-2H3,(H,21,23)/b22-13-. The van der Waals surface area contributed by atoms with E-state index < -0.39 is 0 Å². The van der Waals surface area contributed by atoms with Crippen LogP contribution in [0.1, 0.15) is 25.0 Å². The fraction of sp³-hybridized carbons (Fsp3) is 0.158. The summed E-state index contributed by atoms with van der Waals surface area (Å²) in [6.45, 7) is 4.14. The molecule has 24 heavy (non-hydrogen) atoms. The minimum Gasteiger partial charge on any atom is -0.252 e. The second-order valence-corrected chi connectivity index (χ2v) is 6.70. The van der Waals surface area contributed by atoms with Crippen molar-refractivity contribution in [2.75, 3.05) is 5.43 Å². The zero-order valence-electron chi connectivity index (χ0n) is 13.6. The van der Waals surface area contributed by atoms with Crippen molar-refractivity contribution >= 4 is 33.8 Å². The van der Waals surface area contributed by atoms with Gasteiger partial charge in [-0.2, -0.15) is 5.10 Å². The molecule has 2 aromatic carbocycles. The number of hydrogen-bond acceptors (Lipinski definition) is 4. The summed E-state index contributed by atoms with van der Waals surface area (Å²) in [5.41, 5.74) is 8.36. The van der Waals surface area contributed by atoms with Gasteiger partial charge in [0, 0.05) is 16.0 Å². The number of aryl methyl sites for hydroxylation is 1. The van der Waals surface area contributed by atoms with E-state index in [1.807, 2.05) is 36.6 Å². The van der Waals surface area contributed by atoms with Gasteiger partial charge in [-0.15, -0.1) is 11.3 Å². The lowest BCUT2D eigenvalue weighted by atomic mass is 10.1. The Labute approximate surface area is 151 Å². The first kappa shape index (κ1) is 16.7. The maximum Gasteiger partial charge on any atom is 0.203 e. The van der Waals surface area contributed by atoms with Gasteiger partial charge in [-0.3, -0.25) is 5.43 Å². The van der Waals surface area contributed by atoms with E-state index in [9.17, 15) is 0 Å². The molecule has 1 aromatic heterocycles. The van der Waals surface area contributed by atoms with Crippen LogP contribution in [0.2, 0.25) is 5.02 Å². The molecule has 5 heteroatoms. The van der Waals surface area contributed by atoms with Crippen molar-refractivity contribution in [2.24, 2.45) is 5.10 Å². The molecule has 0 unspecified atom stereocenters. The molecule has 0 spiro atoms. The summed E-state index contributed by atoms with van der Waals surface area (Å²) < 4.78 is 0. The summed E-state index contributed by atoms with van der Waals surface area (Å²) in [5.74, 6) is 0. The molecule has 0 aliphatic rings. The molecule has 0 amide bonds. The largest absolute Gasteiger partial charge is 0.252 e. The van der Waals surface area contributed by atoms with Crippen LogP contribution < -0.4 is 5.43 Å². The zero-order chi connectivity index (χ0) is 16.9. The third-order valence-corrected chi connectivity index (χ3v) is 4.74. The maximum atomic E-state index is 5.92. The number of nitrogens with zero attached hydrogens (tertiary/aromatic N) is 2. The predicted molar refractivity (Wildman–Crippen MR) is 104 cm³/mol. The quantitative estimate of drug-likeness (QED) is 0.459. The summed E-state index contributed by atoms with van der Waals surface area (Å²) in [4.78, 5) is 4.56. The Morgan fingerprint density at radius 1 is 1.12 bits per heavy atom. The molecule has 122 valence electrons. The highest BCUT2D eigenvalue weighted by Gasteiger charge is 2.04. The van der Waals surface area contributed by atoms with Gasteiger partial charge in [0.1, 0.15) is 0 Å². The molecule has 1 heterocycles. The van der Waals surface area contributed by atoms with Gasteiger partial charge in [-0.05, 0) is 36.6 Å². The lowest BCUT2D eigenvalue weighted by Gasteiger charge is -2.03. The lowest BCUT2D eigenvalue weighted by Crippen LogP contribution is -1.99. The Bertz CT molecular complexity index is 836. The highest BCUT2D eigenvalue weighted by molar-refractivity contribution is 7.14. The number of nitrogens with one attached hydrogen (secondary N) is 1. The first-order valence-corrected chi connectivity index (χ1v) is 9.02. The Kier molecular flexibility index (Phi) is 5.28. The monoisotopic (exact) mass is 355 g/mol. The topological polar surface area (TPSA) is 37.3 Å². The van der Waals surface area contributed by atoms with Crippen molar-refractivity contribution in [3.8, 4) is 11.3 Å². The number of benzene rings is 2. The zero-order valence-corrected chi connectivity index (χ0v) is 15.2. The van der Waals surface area contributed by atoms with Crippen molar-refractivity contribution in [3.05, 3.63) is 70.1 Å². The SMILES string of the molecule is CCc1ccc(/C(C)=N\Nc2nc(-c3ccc(Cl)cc3)cs2)cc1. The van der Waals surface area contributed by atoms with E-state index in [0.29, 0.717) is 0 Å². The minimum atomic E-state index is 0.724. The van der Waals surface area contributed by atoms with Crippen LogP contribution in [0.3, 0.4) is 0 Å². The van der Waals surface area contributed by atoms with Crippen LogP contribution in [0, 0.1) is 0 Å². The number of aromatic nitrogens is 1. The van der Waals surface area contributed by atoms with Crippen LogP contribution in [0.5, 0.6) is 0 Å². The second-order valence-electron chi connectivity index (χ2n) is 5.40. The first-order valence-electron chi connectivity index (χ1n) is 7.77. The molecular formula is C19H18ClN3S. The minimum absolute atomic E-state index is 0.724. The van der Waals surface area contributed by atoms with Crippen LogP contribution >= 0.6 is 22.9 Å². The maximum absolute atomic E-state index is 5.92. The van der Waals surface area contributed by atoms with Gasteiger partial charge in [-0.1, -0.05) is 54.9 Å².